The van der Waals surface area contributed by atoms with Crippen molar-refractivity contribution < 1.29 is 13.5 Å². The number of aryl methyl sites for hydroxylation is 1. The average molecular weight is 279 g/mol. The van der Waals surface area contributed by atoms with E-state index >= 15 is 0 Å². The van der Waals surface area contributed by atoms with Gasteiger partial charge in [-0.05, 0) is 25.0 Å². The number of aliphatic hydroxyl groups excluding tert-OH is 1. The molecule has 1 aromatic rings. The Hall–Kier alpha value is -0.690. The van der Waals surface area contributed by atoms with Crippen LogP contribution >= 0.6 is 11.6 Å². The molecular formula is C10H15ClN2O3S. The van der Waals surface area contributed by atoms with Gasteiger partial charge in [0.1, 0.15) is 10.0 Å². The summed E-state index contributed by atoms with van der Waals surface area (Å²) < 4.78 is 26.0. The van der Waals surface area contributed by atoms with Crippen molar-refractivity contribution in [2.75, 3.05) is 6.54 Å². The van der Waals surface area contributed by atoms with Crippen molar-refractivity contribution in [3.8, 4) is 0 Å². The van der Waals surface area contributed by atoms with Crippen molar-refractivity contribution in [3.63, 3.8) is 0 Å². The maximum atomic E-state index is 11.9. The molecule has 0 aliphatic rings. The van der Waals surface area contributed by atoms with Crippen molar-refractivity contribution in [2.45, 2.75) is 31.3 Å². The van der Waals surface area contributed by atoms with Crippen LogP contribution in [0, 0.1) is 6.92 Å². The fourth-order valence-corrected chi connectivity index (χ4v) is 2.73. The van der Waals surface area contributed by atoms with Gasteiger partial charge >= 0.3 is 0 Å². The Morgan fingerprint density at radius 1 is 1.59 bits per heavy atom. The minimum Gasteiger partial charge on any atom is -0.392 e. The van der Waals surface area contributed by atoms with Crippen LogP contribution in [0.2, 0.25) is 5.15 Å². The van der Waals surface area contributed by atoms with E-state index < -0.39 is 16.1 Å². The van der Waals surface area contributed by atoms with Gasteiger partial charge in [0.2, 0.25) is 10.0 Å². The summed E-state index contributed by atoms with van der Waals surface area (Å²) in [5, 5.41) is 9.24. The smallest absolute Gasteiger partial charge is 0.243 e. The number of aliphatic hydroxyl groups is 1. The second kappa shape index (κ2) is 5.77. The molecule has 7 heteroatoms. The Morgan fingerprint density at radius 2 is 2.24 bits per heavy atom. The summed E-state index contributed by atoms with van der Waals surface area (Å²) in [6.45, 7) is 3.45. The van der Waals surface area contributed by atoms with E-state index in [0.29, 0.717) is 12.0 Å². The van der Waals surface area contributed by atoms with E-state index in [2.05, 4.69) is 9.71 Å². The molecule has 5 nitrogen and oxygen atoms in total. The molecule has 0 saturated carbocycles. The van der Waals surface area contributed by atoms with Crippen LogP contribution in [0.4, 0.5) is 0 Å². The molecule has 1 heterocycles. The highest BCUT2D eigenvalue weighted by Gasteiger charge is 2.19. The zero-order valence-corrected chi connectivity index (χ0v) is 11.2. The van der Waals surface area contributed by atoms with Gasteiger partial charge in [-0.3, -0.25) is 0 Å². The van der Waals surface area contributed by atoms with Gasteiger partial charge in [-0.1, -0.05) is 18.5 Å². The second-order valence-electron chi connectivity index (χ2n) is 3.72. The van der Waals surface area contributed by atoms with Crippen molar-refractivity contribution in [2.24, 2.45) is 0 Å². The number of hydrogen-bond acceptors (Lipinski definition) is 4. The zero-order chi connectivity index (χ0) is 13.1. The van der Waals surface area contributed by atoms with Crippen LogP contribution in [0.25, 0.3) is 0 Å². The fraction of sp³-hybridized carbons (Fsp3) is 0.500. The number of nitrogens with zero attached hydrogens (tertiary/aromatic N) is 1. The minimum atomic E-state index is -3.72. The second-order valence-corrected chi connectivity index (χ2v) is 5.81. The number of nitrogens with one attached hydrogen (secondary N) is 1. The van der Waals surface area contributed by atoms with Gasteiger partial charge < -0.3 is 5.11 Å². The molecule has 0 fully saturated rings. The van der Waals surface area contributed by atoms with Crippen molar-refractivity contribution in [1.82, 2.24) is 9.71 Å². The Kier molecular flexibility index (Phi) is 4.88. The van der Waals surface area contributed by atoms with Crippen LogP contribution in [0.15, 0.2) is 17.2 Å². The van der Waals surface area contributed by atoms with Crippen molar-refractivity contribution in [1.29, 1.82) is 0 Å². The quantitative estimate of drug-likeness (QED) is 0.791. The third-order valence-corrected chi connectivity index (χ3v) is 4.06. The summed E-state index contributed by atoms with van der Waals surface area (Å²) in [6.07, 6.45) is 1.26. The maximum absolute atomic E-state index is 11.9. The van der Waals surface area contributed by atoms with Gasteiger partial charge in [-0.15, -0.1) is 0 Å². The highest BCUT2D eigenvalue weighted by molar-refractivity contribution is 7.89. The first-order valence-corrected chi connectivity index (χ1v) is 7.02. The Labute approximate surface area is 106 Å². The molecule has 0 aliphatic heterocycles. The third kappa shape index (κ3) is 3.92. The highest BCUT2D eigenvalue weighted by Crippen LogP contribution is 2.19. The van der Waals surface area contributed by atoms with Gasteiger partial charge in [0.05, 0.1) is 6.10 Å². The van der Waals surface area contributed by atoms with E-state index in [9.17, 15) is 13.5 Å². The van der Waals surface area contributed by atoms with E-state index in [-0.39, 0.29) is 16.6 Å². The van der Waals surface area contributed by atoms with Gasteiger partial charge in [0, 0.05) is 12.7 Å². The number of pyridine rings is 1. The lowest BCUT2D eigenvalue weighted by Crippen LogP contribution is -2.32. The predicted octanol–water partition coefficient (Wildman–Crippen LogP) is 1.09. The molecule has 0 bridgehead atoms. The van der Waals surface area contributed by atoms with Crippen LogP contribution in [0.3, 0.4) is 0 Å². The molecule has 0 amide bonds. The molecule has 0 spiro atoms. The topological polar surface area (TPSA) is 79.3 Å². The van der Waals surface area contributed by atoms with Gasteiger partial charge in [-0.25, -0.2) is 18.1 Å². The molecule has 0 aromatic carbocycles. The Balaban J connectivity index is 2.93. The van der Waals surface area contributed by atoms with Crippen LogP contribution < -0.4 is 4.72 Å². The van der Waals surface area contributed by atoms with Crippen LogP contribution in [0.1, 0.15) is 18.9 Å². The lowest BCUT2D eigenvalue weighted by Gasteiger charge is -2.11. The predicted molar refractivity (Wildman–Crippen MR) is 65.5 cm³/mol. The zero-order valence-electron chi connectivity index (χ0n) is 9.64. The van der Waals surface area contributed by atoms with E-state index in [0.717, 1.165) is 0 Å². The van der Waals surface area contributed by atoms with E-state index in [1.165, 1.54) is 12.3 Å². The maximum Gasteiger partial charge on any atom is 0.243 e. The summed E-state index contributed by atoms with van der Waals surface area (Å²) in [5.74, 6) is 0. The largest absolute Gasteiger partial charge is 0.392 e. The molecule has 1 rings (SSSR count). The molecule has 0 saturated heterocycles. The van der Waals surface area contributed by atoms with Crippen LogP contribution in [-0.2, 0) is 10.0 Å². The molecule has 0 radical (unpaired) electrons. The van der Waals surface area contributed by atoms with Crippen molar-refractivity contribution in [3.05, 3.63) is 23.0 Å². The third-order valence-electron chi connectivity index (χ3n) is 2.21. The summed E-state index contributed by atoms with van der Waals surface area (Å²) in [5.41, 5.74) is 0.700. The van der Waals surface area contributed by atoms with E-state index in [1.54, 1.807) is 13.8 Å². The minimum absolute atomic E-state index is 0.0386. The summed E-state index contributed by atoms with van der Waals surface area (Å²) in [6, 6.07) is 1.44. The van der Waals surface area contributed by atoms with Crippen LogP contribution in [0.5, 0.6) is 0 Å². The number of hydrogen-bond donors (Lipinski definition) is 2. The molecule has 0 unspecified atom stereocenters. The molecular weight excluding hydrogens is 264 g/mol. The lowest BCUT2D eigenvalue weighted by atomic mass is 10.3. The molecule has 1 aromatic heterocycles. The Bertz CT molecular complexity index is 490. The summed E-state index contributed by atoms with van der Waals surface area (Å²) in [7, 11) is -3.72. The summed E-state index contributed by atoms with van der Waals surface area (Å²) >= 11 is 5.74. The number of sulfonamides is 1. The standard InChI is InChI=1S/C10H15ClN2O3S/c1-3-8(14)6-13-17(15,16)9-4-7(2)5-12-10(9)11/h4-5,8,13-14H,3,6H2,1-2H3/t8-/m1/s1. The number of halogens is 1. The van der Waals surface area contributed by atoms with Crippen LogP contribution in [-0.4, -0.2) is 31.2 Å². The number of aromatic nitrogens is 1. The average Bonchev–Trinajstić information content (AvgIpc) is 2.29. The Morgan fingerprint density at radius 3 is 2.82 bits per heavy atom. The molecule has 0 aliphatic carbocycles. The van der Waals surface area contributed by atoms with E-state index in [4.69, 9.17) is 11.6 Å². The number of rotatable bonds is 5. The van der Waals surface area contributed by atoms with Gasteiger partial charge in [-0.2, -0.15) is 0 Å². The summed E-state index contributed by atoms with van der Waals surface area (Å²) in [4.78, 5) is 3.71. The lowest BCUT2D eigenvalue weighted by molar-refractivity contribution is 0.174. The molecule has 96 valence electrons. The first kappa shape index (κ1) is 14.4. The normalized spacial score (nSPS) is 13.6. The SMILES string of the molecule is CC[C@@H](O)CNS(=O)(=O)c1cc(C)cnc1Cl. The van der Waals surface area contributed by atoms with E-state index in [1.807, 2.05) is 0 Å². The van der Waals surface area contributed by atoms with Gasteiger partial charge in [0.25, 0.3) is 0 Å². The molecule has 2 N–H and O–H groups in total. The van der Waals surface area contributed by atoms with Crippen molar-refractivity contribution >= 4 is 21.6 Å². The highest BCUT2D eigenvalue weighted by atomic mass is 35.5. The van der Waals surface area contributed by atoms with Gasteiger partial charge in [0.15, 0.2) is 0 Å². The monoisotopic (exact) mass is 278 g/mol. The first-order valence-electron chi connectivity index (χ1n) is 5.16. The molecule has 1 atom stereocenters. The molecule has 17 heavy (non-hydrogen) atoms. The first-order chi connectivity index (χ1) is 7.86. The fourth-order valence-electron chi connectivity index (χ4n) is 1.14.